The van der Waals surface area contributed by atoms with Gasteiger partial charge in [0.05, 0.1) is 22.8 Å². The molecule has 0 aromatic heterocycles. The van der Waals surface area contributed by atoms with E-state index < -0.39 is 0 Å². The Labute approximate surface area is 248 Å². The van der Waals surface area contributed by atoms with Gasteiger partial charge in [-0.05, 0) is 97.9 Å². The van der Waals surface area contributed by atoms with Crippen molar-refractivity contribution in [3.8, 4) is 0 Å². The lowest BCUT2D eigenvalue weighted by Gasteiger charge is -2.14. The number of aryl methyl sites for hydroxylation is 4. The van der Waals surface area contributed by atoms with Crippen LogP contribution in [-0.4, -0.2) is 11.4 Å². The van der Waals surface area contributed by atoms with Gasteiger partial charge in [0.2, 0.25) is 0 Å². The van der Waals surface area contributed by atoms with Gasteiger partial charge in [-0.1, -0.05) is 118 Å². The van der Waals surface area contributed by atoms with Crippen LogP contribution in [0.3, 0.4) is 0 Å². The first kappa shape index (κ1) is 34.0. The van der Waals surface area contributed by atoms with Crippen molar-refractivity contribution < 1.29 is 0 Å². The number of hydrogen-bond acceptors (Lipinski definition) is 2. The molecule has 0 amide bonds. The van der Waals surface area contributed by atoms with E-state index in [2.05, 4.69) is 77.9 Å². The number of nitrogens with zero attached hydrogens (tertiary/aromatic N) is 2. The second-order valence-corrected chi connectivity index (χ2v) is 11.8. The summed E-state index contributed by atoms with van der Waals surface area (Å²) >= 11 is 0. The van der Waals surface area contributed by atoms with Crippen LogP contribution in [0, 0.1) is 0 Å². The minimum absolute atomic E-state index is 1.00. The van der Waals surface area contributed by atoms with Gasteiger partial charge >= 0.3 is 0 Å². The van der Waals surface area contributed by atoms with Crippen LogP contribution in [0.2, 0.25) is 0 Å². The smallest absolute Gasteiger partial charge is 0.0639 e. The Hall–Kier alpha value is -2.22. The fraction of sp³-hybridized carbons (Fsp3) is 0.632. The highest BCUT2D eigenvalue weighted by atomic mass is 14.8. The number of benzene rings is 2. The highest BCUT2D eigenvalue weighted by molar-refractivity contribution is 6.43. The summed E-state index contributed by atoms with van der Waals surface area (Å²) in [6.45, 7) is 13.7. The molecule has 2 rings (SSSR count). The molecule has 0 N–H and O–H groups in total. The molecule has 0 aliphatic heterocycles. The fourth-order valence-corrected chi connectivity index (χ4v) is 5.61. The number of aliphatic imine (C=N–C) groups is 2. The molecule has 0 aliphatic rings. The van der Waals surface area contributed by atoms with Gasteiger partial charge in [-0.25, -0.2) is 0 Å². The molecular formula is C38H60N2. The molecule has 0 saturated heterocycles. The predicted molar refractivity (Wildman–Crippen MR) is 181 cm³/mol. The third-order valence-corrected chi connectivity index (χ3v) is 7.62. The van der Waals surface area contributed by atoms with Crippen molar-refractivity contribution in [1.82, 2.24) is 0 Å². The minimum atomic E-state index is 1.00. The molecule has 0 fully saturated rings. The number of hydrogen-bond donors (Lipinski definition) is 0. The van der Waals surface area contributed by atoms with Gasteiger partial charge in [0, 0.05) is 0 Å². The summed E-state index contributed by atoms with van der Waals surface area (Å²) in [5.74, 6) is 0. The molecule has 0 aliphatic carbocycles. The summed E-state index contributed by atoms with van der Waals surface area (Å²) < 4.78 is 0. The van der Waals surface area contributed by atoms with E-state index in [9.17, 15) is 0 Å². The predicted octanol–water partition coefficient (Wildman–Crippen LogP) is 12.3. The first-order valence-corrected chi connectivity index (χ1v) is 17.0. The summed E-state index contributed by atoms with van der Waals surface area (Å²) in [5.41, 5.74) is 10.4. The SMILES string of the molecule is CCCCCCCCC(=Nc1cc(CCC)cc(CCC)c1)C(CCCC)=Nc1cc(CCC)cc(CCC)c1. The summed E-state index contributed by atoms with van der Waals surface area (Å²) in [4.78, 5) is 10.8. The Balaban J connectivity index is 2.56. The zero-order valence-electron chi connectivity index (χ0n) is 27.1. The topological polar surface area (TPSA) is 24.7 Å². The van der Waals surface area contributed by atoms with Crippen molar-refractivity contribution in [2.24, 2.45) is 9.98 Å². The van der Waals surface area contributed by atoms with Crippen LogP contribution in [0.1, 0.15) is 154 Å². The Bertz CT molecular complexity index is 981. The Kier molecular flexibility index (Phi) is 17.5. The molecule has 0 saturated carbocycles. The Morgan fingerprint density at radius 1 is 0.400 bits per heavy atom. The van der Waals surface area contributed by atoms with Crippen molar-refractivity contribution in [1.29, 1.82) is 0 Å². The van der Waals surface area contributed by atoms with Gasteiger partial charge < -0.3 is 0 Å². The normalized spacial score (nSPS) is 12.3. The maximum atomic E-state index is 5.43. The maximum Gasteiger partial charge on any atom is 0.0639 e. The maximum absolute atomic E-state index is 5.43. The highest BCUT2D eigenvalue weighted by Gasteiger charge is 2.12. The third-order valence-electron chi connectivity index (χ3n) is 7.62. The lowest BCUT2D eigenvalue weighted by molar-refractivity contribution is 0.616. The van der Waals surface area contributed by atoms with Crippen LogP contribution < -0.4 is 0 Å². The van der Waals surface area contributed by atoms with Crippen LogP contribution in [0.25, 0.3) is 0 Å². The van der Waals surface area contributed by atoms with Crippen molar-refractivity contribution in [2.45, 2.75) is 157 Å². The summed E-state index contributed by atoms with van der Waals surface area (Å²) in [6.07, 6.45) is 21.3. The molecular weight excluding hydrogens is 484 g/mol. The van der Waals surface area contributed by atoms with E-state index in [-0.39, 0.29) is 0 Å². The van der Waals surface area contributed by atoms with E-state index in [1.165, 1.54) is 104 Å². The van der Waals surface area contributed by atoms with Gasteiger partial charge in [0.15, 0.2) is 0 Å². The second-order valence-electron chi connectivity index (χ2n) is 11.8. The molecule has 0 atom stereocenters. The number of rotatable bonds is 21. The lowest BCUT2D eigenvalue weighted by atomic mass is 9.99. The van der Waals surface area contributed by atoms with E-state index >= 15 is 0 Å². The van der Waals surface area contributed by atoms with Crippen LogP contribution in [0.15, 0.2) is 46.4 Å². The average Bonchev–Trinajstić information content (AvgIpc) is 2.93. The standard InChI is InChI=1S/C38H60N2/c1-7-13-15-16-17-18-24-38(40-36-29-33(21-11-5)26-34(30-36)22-12-6)37(23-14-8-2)39-35-27-31(19-9-3)25-32(28-35)20-10-4/h25-30H,7-24H2,1-6H3. The molecule has 0 bridgehead atoms. The van der Waals surface area contributed by atoms with E-state index in [1.54, 1.807) is 0 Å². The Morgan fingerprint density at radius 3 is 1.12 bits per heavy atom. The molecule has 0 spiro atoms. The zero-order valence-corrected chi connectivity index (χ0v) is 27.1. The molecule has 2 aromatic carbocycles. The second kappa shape index (κ2) is 20.6. The van der Waals surface area contributed by atoms with Crippen molar-refractivity contribution in [3.05, 3.63) is 58.7 Å². The van der Waals surface area contributed by atoms with Gasteiger partial charge in [0.1, 0.15) is 0 Å². The van der Waals surface area contributed by atoms with Crippen LogP contribution in [0.4, 0.5) is 11.4 Å². The quantitative estimate of drug-likeness (QED) is 0.110. The zero-order chi connectivity index (χ0) is 29.0. The lowest BCUT2D eigenvalue weighted by Crippen LogP contribution is -2.14. The van der Waals surface area contributed by atoms with Gasteiger partial charge in [-0.15, -0.1) is 0 Å². The summed E-state index contributed by atoms with van der Waals surface area (Å²) in [6, 6.07) is 14.1. The minimum Gasteiger partial charge on any atom is -0.252 e. The first-order chi connectivity index (χ1) is 19.6. The molecule has 222 valence electrons. The van der Waals surface area contributed by atoms with Crippen LogP contribution in [-0.2, 0) is 25.7 Å². The van der Waals surface area contributed by atoms with Crippen molar-refractivity contribution in [3.63, 3.8) is 0 Å². The van der Waals surface area contributed by atoms with E-state index in [1.807, 2.05) is 0 Å². The number of unbranched alkanes of at least 4 members (excludes halogenated alkanes) is 6. The Morgan fingerprint density at radius 2 is 0.750 bits per heavy atom. The van der Waals surface area contributed by atoms with E-state index in [0.29, 0.717) is 0 Å². The van der Waals surface area contributed by atoms with Crippen molar-refractivity contribution in [2.75, 3.05) is 0 Å². The highest BCUT2D eigenvalue weighted by Crippen LogP contribution is 2.25. The molecule has 2 nitrogen and oxygen atoms in total. The van der Waals surface area contributed by atoms with Gasteiger partial charge in [-0.2, -0.15) is 0 Å². The van der Waals surface area contributed by atoms with E-state index in [4.69, 9.17) is 9.98 Å². The fourth-order valence-electron chi connectivity index (χ4n) is 5.61. The molecule has 0 unspecified atom stereocenters. The molecule has 0 radical (unpaired) electrons. The molecule has 40 heavy (non-hydrogen) atoms. The third kappa shape index (κ3) is 13.0. The molecule has 0 heterocycles. The summed E-state index contributed by atoms with van der Waals surface area (Å²) in [5, 5.41) is 0. The first-order valence-electron chi connectivity index (χ1n) is 17.0. The van der Waals surface area contributed by atoms with Crippen LogP contribution >= 0.6 is 0 Å². The van der Waals surface area contributed by atoms with E-state index in [0.717, 1.165) is 56.3 Å². The van der Waals surface area contributed by atoms with Crippen LogP contribution in [0.5, 0.6) is 0 Å². The molecule has 2 aromatic rings. The molecule has 2 heteroatoms. The van der Waals surface area contributed by atoms with Crippen molar-refractivity contribution >= 4 is 22.8 Å². The van der Waals surface area contributed by atoms with Gasteiger partial charge in [0.25, 0.3) is 0 Å². The largest absolute Gasteiger partial charge is 0.252 e. The average molecular weight is 545 g/mol. The van der Waals surface area contributed by atoms with Gasteiger partial charge in [-0.3, -0.25) is 9.98 Å². The monoisotopic (exact) mass is 544 g/mol. The summed E-state index contributed by atoms with van der Waals surface area (Å²) in [7, 11) is 0.